The summed E-state index contributed by atoms with van der Waals surface area (Å²) in [5, 5.41) is 0. The van der Waals surface area contributed by atoms with E-state index in [9.17, 15) is 4.79 Å². The second kappa shape index (κ2) is 6.84. The van der Waals surface area contributed by atoms with Gasteiger partial charge in [-0.05, 0) is 37.6 Å². The number of carbonyl (C=O) groups excluding carboxylic acids is 1. The highest BCUT2D eigenvalue weighted by Crippen LogP contribution is 2.41. The fourth-order valence-corrected chi connectivity index (χ4v) is 2.85. The summed E-state index contributed by atoms with van der Waals surface area (Å²) >= 11 is 0. The summed E-state index contributed by atoms with van der Waals surface area (Å²) in [5.41, 5.74) is 2.32. The van der Waals surface area contributed by atoms with E-state index in [0.717, 1.165) is 16.9 Å². The van der Waals surface area contributed by atoms with E-state index in [-0.39, 0.29) is 12.1 Å². The summed E-state index contributed by atoms with van der Waals surface area (Å²) in [6.45, 7) is 4.64. The monoisotopic (exact) mass is 312 g/mol. The summed E-state index contributed by atoms with van der Waals surface area (Å²) in [7, 11) is 0. The first kappa shape index (κ1) is 15.6. The average Bonchev–Trinajstić information content (AvgIpc) is 2.95. The Hall–Kier alpha value is -2.33. The van der Waals surface area contributed by atoms with E-state index >= 15 is 0 Å². The first-order chi connectivity index (χ1) is 11.2. The van der Waals surface area contributed by atoms with Crippen LogP contribution < -0.4 is 0 Å². The highest BCUT2D eigenvalue weighted by atomic mass is 16.5. The van der Waals surface area contributed by atoms with Crippen molar-refractivity contribution < 1.29 is 19.0 Å². The van der Waals surface area contributed by atoms with Gasteiger partial charge in [-0.15, -0.1) is 0 Å². The maximum absolute atomic E-state index is 12.5. The molecule has 2 unspecified atom stereocenters. The Balaban J connectivity index is 2.03. The zero-order valence-electron chi connectivity index (χ0n) is 13.3. The van der Waals surface area contributed by atoms with E-state index in [1.165, 1.54) is 0 Å². The lowest BCUT2D eigenvalue weighted by atomic mass is 9.95. The van der Waals surface area contributed by atoms with Gasteiger partial charge in [-0.2, -0.15) is 0 Å². The van der Waals surface area contributed by atoms with Crippen LogP contribution in [0.15, 0.2) is 65.5 Å². The molecule has 0 saturated carbocycles. The van der Waals surface area contributed by atoms with Crippen molar-refractivity contribution in [1.82, 2.24) is 0 Å². The number of rotatable bonds is 5. The van der Waals surface area contributed by atoms with Crippen molar-refractivity contribution in [3.63, 3.8) is 0 Å². The van der Waals surface area contributed by atoms with Crippen LogP contribution in [-0.2, 0) is 19.0 Å². The van der Waals surface area contributed by atoms with Gasteiger partial charge in [-0.1, -0.05) is 30.3 Å². The molecule has 0 radical (unpaired) electrons. The lowest BCUT2D eigenvalue weighted by molar-refractivity contribution is -0.139. The van der Waals surface area contributed by atoms with Gasteiger partial charge in [0.25, 0.3) is 0 Å². The standard InChI is InChI=1S/C19H20O4/c1-3-21-14-10-11-16-15(12-14)17(19(20)22-4-2)18(23-16)13-8-6-5-7-9-13/h5-12,16,18H,3-4H2,1-2H3. The van der Waals surface area contributed by atoms with Gasteiger partial charge in [-0.25, -0.2) is 4.79 Å². The maximum Gasteiger partial charge on any atom is 0.337 e. The van der Waals surface area contributed by atoms with Crippen molar-refractivity contribution >= 4 is 5.97 Å². The molecule has 23 heavy (non-hydrogen) atoms. The zero-order valence-corrected chi connectivity index (χ0v) is 13.3. The van der Waals surface area contributed by atoms with Crippen molar-refractivity contribution in [3.8, 4) is 0 Å². The van der Waals surface area contributed by atoms with Crippen LogP contribution in [0.25, 0.3) is 0 Å². The minimum Gasteiger partial charge on any atom is -0.494 e. The largest absolute Gasteiger partial charge is 0.494 e. The van der Waals surface area contributed by atoms with Gasteiger partial charge in [0.05, 0.1) is 18.8 Å². The van der Waals surface area contributed by atoms with Crippen LogP contribution in [0.3, 0.4) is 0 Å². The van der Waals surface area contributed by atoms with Crippen LogP contribution in [0.1, 0.15) is 25.5 Å². The molecule has 0 spiro atoms. The molecule has 2 atom stereocenters. The molecule has 120 valence electrons. The molecule has 1 aliphatic carbocycles. The number of benzene rings is 1. The fraction of sp³-hybridized carbons (Fsp3) is 0.316. The number of allylic oxidation sites excluding steroid dienone is 1. The van der Waals surface area contributed by atoms with Crippen molar-refractivity contribution in [2.45, 2.75) is 26.1 Å². The molecule has 0 bridgehead atoms. The molecule has 0 fully saturated rings. The molecule has 1 aromatic rings. The molecule has 3 rings (SSSR count). The van der Waals surface area contributed by atoms with E-state index in [1.807, 2.05) is 55.5 Å². The number of hydrogen-bond donors (Lipinski definition) is 0. The molecular weight excluding hydrogens is 292 g/mol. The van der Waals surface area contributed by atoms with Crippen molar-refractivity contribution in [2.75, 3.05) is 13.2 Å². The Labute approximate surface area is 136 Å². The number of ether oxygens (including phenoxy) is 3. The third kappa shape index (κ3) is 3.08. The van der Waals surface area contributed by atoms with Crippen LogP contribution in [0.4, 0.5) is 0 Å². The predicted molar refractivity (Wildman–Crippen MR) is 86.6 cm³/mol. The molecule has 0 N–H and O–H groups in total. The molecule has 0 saturated heterocycles. The summed E-state index contributed by atoms with van der Waals surface area (Å²) in [6.07, 6.45) is 5.01. The predicted octanol–water partition coefficient (Wildman–Crippen LogP) is 3.48. The quantitative estimate of drug-likeness (QED) is 0.781. The summed E-state index contributed by atoms with van der Waals surface area (Å²) in [6, 6.07) is 9.73. The van der Waals surface area contributed by atoms with Gasteiger partial charge in [0.1, 0.15) is 18.0 Å². The second-order valence-electron chi connectivity index (χ2n) is 5.28. The van der Waals surface area contributed by atoms with E-state index in [4.69, 9.17) is 14.2 Å². The minimum absolute atomic E-state index is 0.246. The van der Waals surface area contributed by atoms with Gasteiger partial charge in [0, 0.05) is 5.57 Å². The topological polar surface area (TPSA) is 44.8 Å². The van der Waals surface area contributed by atoms with Gasteiger partial charge >= 0.3 is 5.97 Å². The minimum atomic E-state index is -0.419. The van der Waals surface area contributed by atoms with Crippen LogP contribution in [0.5, 0.6) is 0 Å². The van der Waals surface area contributed by atoms with Gasteiger partial charge < -0.3 is 14.2 Å². The van der Waals surface area contributed by atoms with E-state index < -0.39 is 6.10 Å². The Kier molecular flexibility index (Phi) is 4.63. The summed E-state index contributed by atoms with van der Waals surface area (Å²) < 4.78 is 16.9. The zero-order chi connectivity index (χ0) is 16.2. The first-order valence-corrected chi connectivity index (χ1v) is 7.88. The first-order valence-electron chi connectivity index (χ1n) is 7.88. The summed E-state index contributed by atoms with van der Waals surface area (Å²) in [4.78, 5) is 12.5. The lowest BCUT2D eigenvalue weighted by Crippen LogP contribution is -2.13. The lowest BCUT2D eigenvalue weighted by Gasteiger charge is -2.16. The van der Waals surface area contributed by atoms with Gasteiger partial charge in [0.2, 0.25) is 0 Å². The van der Waals surface area contributed by atoms with Gasteiger partial charge in [-0.3, -0.25) is 0 Å². The highest BCUT2D eigenvalue weighted by molar-refractivity contribution is 5.92. The Morgan fingerprint density at radius 3 is 2.65 bits per heavy atom. The van der Waals surface area contributed by atoms with E-state index in [1.54, 1.807) is 6.92 Å². The fourth-order valence-electron chi connectivity index (χ4n) is 2.85. The van der Waals surface area contributed by atoms with Gasteiger partial charge in [0.15, 0.2) is 0 Å². The summed E-state index contributed by atoms with van der Waals surface area (Å²) in [5.74, 6) is 0.402. The molecule has 1 aromatic carbocycles. The average molecular weight is 312 g/mol. The van der Waals surface area contributed by atoms with E-state index in [2.05, 4.69) is 0 Å². The normalized spacial score (nSPS) is 22.6. The number of fused-ring (bicyclic) bond motifs is 1. The van der Waals surface area contributed by atoms with Crippen LogP contribution in [-0.4, -0.2) is 25.3 Å². The molecule has 2 aliphatic rings. The number of carbonyl (C=O) groups is 1. The number of hydrogen-bond acceptors (Lipinski definition) is 4. The molecular formula is C19H20O4. The van der Waals surface area contributed by atoms with Crippen LogP contribution in [0, 0.1) is 0 Å². The molecule has 4 nitrogen and oxygen atoms in total. The maximum atomic E-state index is 12.5. The van der Waals surface area contributed by atoms with Crippen molar-refractivity contribution in [1.29, 1.82) is 0 Å². The molecule has 4 heteroatoms. The molecule has 1 heterocycles. The Morgan fingerprint density at radius 1 is 1.17 bits per heavy atom. The molecule has 0 amide bonds. The third-order valence-electron chi connectivity index (χ3n) is 3.80. The Morgan fingerprint density at radius 2 is 1.96 bits per heavy atom. The second-order valence-corrected chi connectivity index (χ2v) is 5.28. The van der Waals surface area contributed by atoms with Crippen molar-refractivity contribution in [2.24, 2.45) is 0 Å². The molecule has 1 aliphatic heterocycles. The number of esters is 1. The SMILES string of the molecule is CCOC(=O)C1=C2C=C(OCC)C=CC2OC1c1ccccc1. The van der Waals surface area contributed by atoms with Crippen LogP contribution in [0.2, 0.25) is 0 Å². The Bertz CT molecular complexity index is 670. The third-order valence-corrected chi connectivity index (χ3v) is 3.80. The van der Waals surface area contributed by atoms with Crippen LogP contribution >= 0.6 is 0 Å². The van der Waals surface area contributed by atoms with Crippen molar-refractivity contribution in [3.05, 3.63) is 71.0 Å². The molecule has 0 aromatic heterocycles. The highest BCUT2D eigenvalue weighted by Gasteiger charge is 2.39. The smallest absolute Gasteiger partial charge is 0.337 e. The van der Waals surface area contributed by atoms with E-state index in [0.29, 0.717) is 18.8 Å².